The molecule has 6 nitrogen and oxygen atoms in total. The Morgan fingerprint density at radius 2 is 1.91 bits per heavy atom. The summed E-state index contributed by atoms with van der Waals surface area (Å²) in [4.78, 5) is 31.2. The van der Waals surface area contributed by atoms with E-state index in [1.165, 1.54) is 22.1 Å². The summed E-state index contributed by atoms with van der Waals surface area (Å²) in [5.74, 6) is -0.100. The van der Waals surface area contributed by atoms with Gasteiger partial charge < -0.3 is 36.1 Å². The predicted octanol–water partition coefficient (Wildman–Crippen LogP) is 1.55. The summed E-state index contributed by atoms with van der Waals surface area (Å²) < 4.78 is 6.30. The second kappa shape index (κ2) is 10.5. The van der Waals surface area contributed by atoms with Crippen LogP contribution in [0.1, 0.15) is 58.6 Å². The number of esters is 1. The van der Waals surface area contributed by atoms with Crippen molar-refractivity contribution in [2.24, 2.45) is 5.92 Å². The van der Waals surface area contributed by atoms with Crippen molar-refractivity contribution < 1.29 is 35.8 Å². The standard InChI is InChI=1S/C28H40N3O3.BrH/c1-7-30(8-2)27(33)20-15-22-21-11-9-12-23-26(21)19(17-29-23)16-24(22)31(6,18-20)14-10-13-25(32)34-28(3,4)5;/h9,11-12,15,17,20,24,29H,7-8,10,13-14,16,18H2,1-6H3;1H/q+1;/p-1/t20-,24-,31?;/m1./s1. The maximum Gasteiger partial charge on any atom is 0.306 e. The summed E-state index contributed by atoms with van der Waals surface area (Å²) in [6.45, 7) is 12.8. The van der Waals surface area contributed by atoms with Gasteiger partial charge in [-0.25, -0.2) is 0 Å². The van der Waals surface area contributed by atoms with E-state index in [1.54, 1.807) is 0 Å². The van der Waals surface area contributed by atoms with Crippen molar-refractivity contribution >= 4 is 28.4 Å². The largest absolute Gasteiger partial charge is 1.00 e. The van der Waals surface area contributed by atoms with Gasteiger partial charge in [-0.05, 0) is 51.8 Å². The quantitative estimate of drug-likeness (QED) is 0.424. The minimum Gasteiger partial charge on any atom is -1.00 e. The number of likely N-dealkylation sites (N-methyl/N-ethyl adjacent to an activating group) is 1. The lowest BCUT2D eigenvalue weighted by molar-refractivity contribution is -0.928. The summed E-state index contributed by atoms with van der Waals surface area (Å²) in [5, 5.41) is 1.29. The number of aromatic nitrogens is 1. The Bertz CT molecular complexity index is 1110. The number of benzene rings is 1. The number of hydrogen-bond donors (Lipinski definition) is 1. The lowest BCUT2D eigenvalue weighted by Crippen LogP contribution is -3.00. The third kappa shape index (κ3) is 5.51. The summed E-state index contributed by atoms with van der Waals surface area (Å²) in [7, 11) is 2.27. The van der Waals surface area contributed by atoms with Crippen LogP contribution in [0.2, 0.25) is 0 Å². The number of nitrogens with zero attached hydrogens (tertiary/aromatic N) is 2. The number of halogens is 1. The Labute approximate surface area is 220 Å². The number of ether oxygens (including phenoxy) is 1. The maximum absolute atomic E-state index is 13.5. The first kappa shape index (κ1) is 27.5. The summed E-state index contributed by atoms with van der Waals surface area (Å²) in [6.07, 6.45) is 6.48. The van der Waals surface area contributed by atoms with E-state index in [2.05, 4.69) is 42.5 Å². The molecule has 2 heterocycles. The highest BCUT2D eigenvalue weighted by molar-refractivity contribution is 5.99. The molecule has 35 heavy (non-hydrogen) atoms. The normalized spacial score (nSPS) is 23.2. The Morgan fingerprint density at radius 3 is 2.57 bits per heavy atom. The first-order valence-corrected chi connectivity index (χ1v) is 12.7. The van der Waals surface area contributed by atoms with E-state index in [9.17, 15) is 9.59 Å². The van der Waals surface area contributed by atoms with Gasteiger partial charge in [0.05, 0.1) is 26.6 Å². The number of aromatic amines is 1. The SMILES string of the molecule is CCN(CC)C(=O)[C@@H]1C=C2c3cccc4[nH]cc(c34)C[C@H]2[N+](C)(CCCC(=O)OC(C)(C)C)C1.[Br-]. The number of amides is 1. The van der Waals surface area contributed by atoms with E-state index in [0.717, 1.165) is 49.0 Å². The first-order valence-electron chi connectivity index (χ1n) is 12.7. The topological polar surface area (TPSA) is 62.4 Å². The molecular weight excluding hydrogens is 506 g/mol. The molecule has 0 bridgehead atoms. The van der Waals surface area contributed by atoms with Crippen LogP contribution in [0, 0.1) is 5.92 Å². The van der Waals surface area contributed by atoms with E-state index in [1.807, 2.05) is 39.5 Å². The molecule has 1 aromatic carbocycles. The molecule has 0 radical (unpaired) electrons. The average molecular weight is 547 g/mol. The molecule has 1 aliphatic heterocycles. The molecule has 4 rings (SSSR count). The third-order valence-electron chi connectivity index (χ3n) is 7.48. The number of H-pyrrole nitrogens is 1. The summed E-state index contributed by atoms with van der Waals surface area (Å²) in [6, 6.07) is 6.70. The van der Waals surface area contributed by atoms with Gasteiger partial charge in [0.15, 0.2) is 0 Å². The van der Waals surface area contributed by atoms with E-state index >= 15 is 0 Å². The van der Waals surface area contributed by atoms with Crippen molar-refractivity contribution in [3.05, 3.63) is 41.6 Å². The minimum atomic E-state index is -0.468. The monoisotopic (exact) mass is 545 g/mol. The van der Waals surface area contributed by atoms with Gasteiger partial charge in [-0.3, -0.25) is 9.59 Å². The van der Waals surface area contributed by atoms with Crippen molar-refractivity contribution in [1.82, 2.24) is 9.88 Å². The molecule has 1 aromatic heterocycles. The van der Waals surface area contributed by atoms with Crippen LogP contribution >= 0.6 is 0 Å². The molecule has 1 N–H and O–H groups in total. The van der Waals surface area contributed by atoms with Gasteiger partial charge in [-0.1, -0.05) is 18.2 Å². The van der Waals surface area contributed by atoms with Gasteiger partial charge in [0.2, 0.25) is 5.91 Å². The van der Waals surface area contributed by atoms with E-state index < -0.39 is 5.60 Å². The molecule has 2 aromatic rings. The number of fused-ring (bicyclic) bond motifs is 2. The van der Waals surface area contributed by atoms with Crippen LogP contribution < -0.4 is 17.0 Å². The zero-order chi connectivity index (χ0) is 24.7. The second-order valence-electron chi connectivity index (χ2n) is 11.1. The molecule has 1 aliphatic carbocycles. The summed E-state index contributed by atoms with van der Waals surface area (Å²) >= 11 is 0. The minimum absolute atomic E-state index is 0. The fraction of sp³-hybridized carbons (Fsp3) is 0.571. The molecular formula is C28H40BrN3O3. The van der Waals surface area contributed by atoms with Gasteiger partial charge in [0.25, 0.3) is 0 Å². The lowest BCUT2D eigenvalue weighted by atomic mass is 9.78. The maximum atomic E-state index is 13.5. The molecule has 1 amide bonds. The Kier molecular flexibility index (Phi) is 8.22. The van der Waals surface area contributed by atoms with Crippen molar-refractivity contribution in [3.8, 4) is 0 Å². The fourth-order valence-electron chi connectivity index (χ4n) is 5.90. The van der Waals surface area contributed by atoms with E-state index in [0.29, 0.717) is 6.42 Å². The molecule has 192 valence electrons. The van der Waals surface area contributed by atoms with Crippen LogP contribution in [0.4, 0.5) is 0 Å². The van der Waals surface area contributed by atoms with Crippen molar-refractivity contribution in [2.45, 2.75) is 65.5 Å². The highest BCUT2D eigenvalue weighted by Crippen LogP contribution is 2.44. The number of nitrogens with one attached hydrogen (secondary N) is 1. The molecule has 0 saturated carbocycles. The number of carbonyl (C=O) groups is 2. The van der Waals surface area contributed by atoms with Crippen molar-refractivity contribution in [3.63, 3.8) is 0 Å². The highest BCUT2D eigenvalue weighted by Gasteiger charge is 2.46. The molecule has 2 aliphatic rings. The summed E-state index contributed by atoms with van der Waals surface area (Å²) in [5.41, 5.74) is 4.57. The zero-order valence-corrected chi connectivity index (χ0v) is 23.6. The van der Waals surface area contributed by atoms with Crippen LogP contribution in [-0.4, -0.2) is 71.1 Å². The van der Waals surface area contributed by atoms with E-state index in [4.69, 9.17) is 4.74 Å². The van der Waals surface area contributed by atoms with Crippen LogP contribution in [0.3, 0.4) is 0 Å². The number of rotatable bonds is 7. The predicted molar refractivity (Wildman–Crippen MR) is 136 cm³/mol. The van der Waals surface area contributed by atoms with Crippen molar-refractivity contribution in [2.75, 3.05) is 33.2 Å². The fourth-order valence-corrected chi connectivity index (χ4v) is 5.90. The van der Waals surface area contributed by atoms with E-state index in [-0.39, 0.29) is 40.8 Å². The first-order chi connectivity index (χ1) is 16.1. The molecule has 0 saturated heterocycles. The average Bonchev–Trinajstić information content (AvgIpc) is 3.18. The number of carbonyl (C=O) groups excluding carboxylic acids is 2. The number of hydrogen-bond acceptors (Lipinski definition) is 3. The van der Waals surface area contributed by atoms with Crippen LogP contribution in [0.25, 0.3) is 16.5 Å². The van der Waals surface area contributed by atoms with Gasteiger partial charge in [0, 0.05) is 48.6 Å². The van der Waals surface area contributed by atoms with Crippen LogP contribution in [-0.2, 0) is 20.7 Å². The molecule has 1 unspecified atom stereocenters. The second-order valence-corrected chi connectivity index (χ2v) is 11.1. The van der Waals surface area contributed by atoms with Gasteiger partial charge >= 0.3 is 5.97 Å². The molecule has 7 heteroatoms. The Hall–Kier alpha value is -2.12. The lowest BCUT2D eigenvalue weighted by Gasteiger charge is -2.49. The van der Waals surface area contributed by atoms with Crippen LogP contribution in [0.5, 0.6) is 0 Å². The highest BCUT2D eigenvalue weighted by atomic mass is 79.9. The smallest absolute Gasteiger partial charge is 0.306 e. The van der Waals surface area contributed by atoms with Gasteiger partial charge in [0.1, 0.15) is 17.6 Å². The molecule has 3 atom stereocenters. The number of quaternary nitrogens is 1. The van der Waals surface area contributed by atoms with Gasteiger partial charge in [-0.2, -0.15) is 0 Å². The third-order valence-corrected chi connectivity index (χ3v) is 7.48. The van der Waals surface area contributed by atoms with Gasteiger partial charge in [-0.15, -0.1) is 0 Å². The Balaban J connectivity index is 0.00000342. The zero-order valence-electron chi connectivity index (χ0n) is 22.0. The molecule has 0 spiro atoms. The molecule has 0 fully saturated rings. The Morgan fingerprint density at radius 1 is 1.20 bits per heavy atom. The van der Waals surface area contributed by atoms with Crippen molar-refractivity contribution in [1.29, 1.82) is 0 Å². The van der Waals surface area contributed by atoms with Crippen LogP contribution in [0.15, 0.2) is 30.5 Å².